The number of aryl methyl sites for hydroxylation is 1. The molecule has 3 N–H and O–H groups in total. The van der Waals surface area contributed by atoms with Crippen LogP contribution in [0.3, 0.4) is 0 Å². The molecule has 1 aromatic rings. The van der Waals surface area contributed by atoms with Gasteiger partial charge in [-0.25, -0.2) is 0 Å². The maximum Gasteiger partial charge on any atom is 0.257 e. The summed E-state index contributed by atoms with van der Waals surface area (Å²) in [5, 5.41) is 2.79. The van der Waals surface area contributed by atoms with Gasteiger partial charge < -0.3 is 15.8 Å². The third-order valence-electron chi connectivity index (χ3n) is 3.42. The van der Waals surface area contributed by atoms with E-state index in [1.807, 2.05) is 19.1 Å². The van der Waals surface area contributed by atoms with Crippen LogP contribution < -0.4 is 15.8 Å². The van der Waals surface area contributed by atoms with Crippen LogP contribution in [-0.4, -0.2) is 19.1 Å². The van der Waals surface area contributed by atoms with E-state index in [0.717, 1.165) is 37.0 Å². The fourth-order valence-corrected chi connectivity index (χ4v) is 2.37. The first kappa shape index (κ1) is 13.9. The number of benzene rings is 1. The minimum absolute atomic E-state index is 0.0635. The van der Waals surface area contributed by atoms with Crippen LogP contribution in [0.25, 0.3) is 0 Å². The molecule has 1 aliphatic rings. The molecule has 0 spiro atoms. The molecule has 0 saturated heterocycles. The molecule has 0 aromatic heterocycles. The Bertz CT molecular complexity index is 446. The minimum Gasteiger partial charge on any atom is -0.484 e. The summed E-state index contributed by atoms with van der Waals surface area (Å²) < 4.78 is 5.51. The molecule has 1 unspecified atom stereocenters. The molecule has 0 heterocycles. The van der Waals surface area contributed by atoms with Crippen LogP contribution in [0.5, 0.6) is 5.75 Å². The van der Waals surface area contributed by atoms with E-state index >= 15 is 0 Å². The van der Waals surface area contributed by atoms with Crippen LogP contribution in [-0.2, 0) is 11.2 Å². The number of nitrogens with two attached hydrogens (primary N) is 1. The van der Waals surface area contributed by atoms with Crippen LogP contribution in [0.1, 0.15) is 43.4 Å². The average Bonchev–Trinajstić information content (AvgIpc) is 2.43. The molecule has 1 aliphatic carbocycles. The summed E-state index contributed by atoms with van der Waals surface area (Å²) in [7, 11) is 0. The highest BCUT2D eigenvalue weighted by Crippen LogP contribution is 2.30. The normalized spacial score (nSPS) is 17.7. The summed E-state index contributed by atoms with van der Waals surface area (Å²) >= 11 is 0. The molecule has 104 valence electrons. The molecule has 19 heavy (non-hydrogen) atoms. The zero-order valence-corrected chi connectivity index (χ0v) is 11.4. The minimum atomic E-state index is -0.0798. The van der Waals surface area contributed by atoms with Gasteiger partial charge in [0.15, 0.2) is 6.61 Å². The maximum absolute atomic E-state index is 11.5. The molecule has 1 amide bonds. The molecule has 0 radical (unpaired) electrons. The quantitative estimate of drug-likeness (QED) is 0.852. The number of carbonyl (C=O) groups is 1. The summed E-state index contributed by atoms with van der Waals surface area (Å²) in [4.78, 5) is 11.5. The molecular weight excluding hydrogens is 240 g/mol. The molecule has 1 atom stereocenters. The van der Waals surface area contributed by atoms with Crippen LogP contribution in [0.4, 0.5) is 0 Å². The van der Waals surface area contributed by atoms with Crippen molar-refractivity contribution in [1.29, 1.82) is 0 Å². The van der Waals surface area contributed by atoms with E-state index in [0.29, 0.717) is 6.54 Å². The van der Waals surface area contributed by atoms with Gasteiger partial charge in [0.1, 0.15) is 5.75 Å². The monoisotopic (exact) mass is 262 g/mol. The molecule has 2 rings (SSSR count). The Morgan fingerprint density at radius 1 is 1.53 bits per heavy atom. The van der Waals surface area contributed by atoms with Crippen molar-refractivity contribution in [1.82, 2.24) is 5.32 Å². The Labute approximate surface area is 114 Å². The molecule has 0 aliphatic heterocycles. The summed E-state index contributed by atoms with van der Waals surface area (Å²) in [6.45, 7) is 2.78. The summed E-state index contributed by atoms with van der Waals surface area (Å²) in [5.74, 6) is 0.645. The van der Waals surface area contributed by atoms with Gasteiger partial charge >= 0.3 is 0 Å². The smallest absolute Gasteiger partial charge is 0.257 e. The van der Waals surface area contributed by atoms with E-state index in [1.54, 1.807) is 0 Å². The van der Waals surface area contributed by atoms with Crippen molar-refractivity contribution < 1.29 is 9.53 Å². The van der Waals surface area contributed by atoms with E-state index < -0.39 is 0 Å². The molecule has 0 fully saturated rings. The Kier molecular flexibility index (Phi) is 4.80. The van der Waals surface area contributed by atoms with E-state index in [1.165, 1.54) is 5.56 Å². The van der Waals surface area contributed by atoms with Gasteiger partial charge in [0, 0.05) is 12.6 Å². The van der Waals surface area contributed by atoms with Crippen molar-refractivity contribution in [2.24, 2.45) is 5.73 Å². The van der Waals surface area contributed by atoms with Crippen LogP contribution in [0.15, 0.2) is 18.2 Å². The standard InChI is InChI=1S/C15H22N2O2/c1-2-8-17-15(18)10-19-12-7-6-11-4-3-5-14(16)13(11)9-12/h6-7,9,14H,2-5,8,10,16H2,1H3,(H,17,18). The van der Waals surface area contributed by atoms with Gasteiger partial charge in [0.25, 0.3) is 5.91 Å². The second-order valence-electron chi connectivity index (χ2n) is 5.00. The lowest BCUT2D eigenvalue weighted by atomic mass is 9.88. The number of ether oxygens (including phenoxy) is 1. The number of amides is 1. The highest BCUT2D eigenvalue weighted by atomic mass is 16.5. The van der Waals surface area contributed by atoms with Crippen molar-refractivity contribution in [2.45, 2.75) is 38.6 Å². The van der Waals surface area contributed by atoms with E-state index in [2.05, 4.69) is 11.4 Å². The Hall–Kier alpha value is -1.55. The molecule has 4 heteroatoms. The topological polar surface area (TPSA) is 64.3 Å². The van der Waals surface area contributed by atoms with Gasteiger partial charge in [-0.15, -0.1) is 0 Å². The lowest BCUT2D eigenvalue weighted by Gasteiger charge is -2.22. The fourth-order valence-electron chi connectivity index (χ4n) is 2.37. The summed E-state index contributed by atoms with van der Waals surface area (Å²) in [6, 6.07) is 6.06. The highest BCUT2D eigenvalue weighted by Gasteiger charge is 2.17. The third-order valence-corrected chi connectivity index (χ3v) is 3.42. The molecule has 0 bridgehead atoms. The Balaban J connectivity index is 1.94. The first-order valence-electron chi connectivity index (χ1n) is 6.98. The number of rotatable bonds is 5. The van der Waals surface area contributed by atoms with Crippen molar-refractivity contribution in [2.75, 3.05) is 13.2 Å². The van der Waals surface area contributed by atoms with Gasteiger partial charge in [-0.1, -0.05) is 13.0 Å². The zero-order valence-electron chi connectivity index (χ0n) is 11.4. The molecular formula is C15H22N2O2. The van der Waals surface area contributed by atoms with Gasteiger partial charge in [-0.2, -0.15) is 0 Å². The maximum atomic E-state index is 11.5. The molecule has 0 saturated carbocycles. The van der Waals surface area contributed by atoms with Crippen LogP contribution >= 0.6 is 0 Å². The molecule has 1 aromatic carbocycles. The first-order chi connectivity index (χ1) is 9.20. The van der Waals surface area contributed by atoms with Crippen LogP contribution in [0, 0.1) is 0 Å². The summed E-state index contributed by atoms with van der Waals surface area (Å²) in [5.41, 5.74) is 8.57. The lowest BCUT2D eigenvalue weighted by Crippen LogP contribution is -2.29. The van der Waals surface area contributed by atoms with Gasteiger partial charge in [0.2, 0.25) is 0 Å². The van der Waals surface area contributed by atoms with Crippen LogP contribution in [0.2, 0.25) is 0 Å². The number of hydrogen-bond acceptors (Lipinski definition) is 3. The largest absolute Gasteiger partial charge is 0.484 e. The number of hydrogen-bond donors (Lipinski definition) is 2. The van der Waals surface area contributed by atoms with Crippen molar-refractivity contribution >= 4 is 5.91 Å². The van der Waals surface area contributed by atoms with E-state index in [-0.39, 0.29) is 18.6 Å². The SMILES string of the molecule is CCCNC(=O)COc1ccc2c(c1)C(N)CCC2. The first-order valence-corrected chi connectivity index (χ1v) is 6.98. The number of fused-ring (bicyclic) bond motifs is 1. The molecule has 4 nitrogen and oxygen atoms in total. The zero-order chi connectivity index (χ0) is 13.7. The van der Waals surface area contributed by atoms with E-state index in [9.17, 15) is 4.79 Å². The Morgan fingerprint density at radius 2 is 2.37 bits per heavy atom. The predicted molar refractivity (Wildman–Crippen MR) is 75.1 cm³/mol. The number of carbonyl (C=O) groups excluding carboxylic acids is 1. The van der Waals surface area contributed by atoms with Crippen molar-refractivity contribution in [3.63, 3.8) is 0 Å². The van der Waals surface area contributed by atoms with Gasteiger partial charge in [-0.3, -0.25) is 4.79 Å². The number of nitrogens with one attached hydrogen (secondary N) is 1. The second kappa shape index (κ2) is 6.57. The lowest BCUT2D eigenvalue weighted by molar-refractivity contribution is -0.123. The van der Waals surface area contributed by atoms with Crippen molar-refractivity contribution in [3.8, 4) is 5.75 Å². The van der Waals surface area contributed by atoms with Gasteiger partial charge in [0.05, 0.1) is 0 Å². The highest BCUT2D eigenvalue weighted by molar-refractivity contribution is 5.77. The second-order valence-corrected chi connectivity index (χ2v) is 5.00. The fraction of sp³-hybridized carbons (Fsp3) is 0.533. The average molecular weight is 262 g/mol. The third kappa shape index (κ3) is 3.70. The predicted octanol–water partition coefficient (Wildman–Crippen LogP) is 1.93. The van der Waals surface area contributed by atoms with Gasteiger partial charge in [-0.05, 0) is 48.9 Å². The Morgan fingerprint density at radius 3 is 3.16 bits per heavy atom. The van der Waals surface area contributed by atoms with Crippen molar-refractivity contribution in [3.05, 3.63) is 29.3 Å². The van der Waals surface area contributed by atoms with E-state index in [4.69, 9.17) is 10.5 Å². The summed E-state index contributed by atoms with van der Waals surface area (Å²) in [6.07, 6.45) is 4.18.